The van der Waals surface area contributed by atoms with Crippen LogP contribution in [0.25, 0.3) is 0 Å². The van der Waals surface area contributed by atoms with Gasteiger partial charge in [-0.15, -0.1) is 0 Å². The highest BCUT2D eigenvalue weighted by Gasteiger charge is 2.51. The molecule has 0 bridgehead atoms. The molecule has 3 heterocycles. The van der Waals surface area contributed by atoms with Crippen molar-refractivity contribution < 1.29 is 22.8 Å². The molecule has 20 heavy (non-hydrogen) atoms. The summed E-state index contributed by atoms with van der Waals surface area (Å²) in [5.41, 5.74) is 0.535. The number of pyridine rings is 1. The Labute approximate surface area is 111 Å². The van der Waals surface area contributed by atoms with Crippen LogP contribution >= 0.6 is 0 Å². The average Bonchev–Trinajstić information content (AvgIpc) is 2.80. The molecule has 3 rings (SSSR count). The molecule has 0 N–H and O–H groups in total. The molecule has 0 unspecified atom stereocenters. The summed E-state index contributed by atoms with van der Waals surface area (Å²) in [5.74, 6) is -1.23. The molecule has 0 atom stereocenters. The first-order valence-corrected chi connectivity index (χ1v) is 5.73. The van der Waals surface area contributed by atoms with Crippen molar-refractivity contribution in [1.82, 2.24) is 10.1 Å². The van der Waals surface area contributed by atoms with E-state index in [0.29, 0.717) is 11.5 Å². The summed E-state index contributed by atoms with van der Waals surface area (Å²) in [6.07, 6.45) is -2.64. The molecule has 8 heteroatoms. The van der Waals surface area contributed by atoms with Crippen LogP contribution in [0.4, 0.5) is 14.5 Å². The van der Waals surface area contributed by atoms with Crippen LogP contribution in [0.5, 0.6) is 5.88 Å². The van der Waals surface area contributed by atoms with E-state index in [4.69, 9.17) is 4.52 Å². The average molecular weight is 281 g/mol. The Morgan fingerprint density at radius 3 is 2.95 bits per heavy atom. The Balaban J connectivity index is 2.01. The van der Waals surface area contributed by atoms with Crippen molar-refractivity contribution in [2.75, 3.05) is 4.90 Å². The first-order chi connectivity index (χ1) is 9.47. The van der Waals surface area contributed by atoms with Gasteiger partial charge in [-0.2, -0.15) is 8.78 Å². The third-order valence-electron chi connectivity index (χ3n) is 2.76. The second-order valence-electron chi connectivity index (χ2n) is 4.27. The van der Waals surface area contributed by atoms with E-state index < -0.39 is 12.0 Å². The van der Waals surface area contributed by atoms with Gasteiger partial charge in [0.1, 0.15) is 17.1 Å². The summed E-state index contributed by atoms with van der Waals surface area (Å²) in [6, 6.07) is 4.57. The van der Waals surface area contributed by atoms with Crippen molar-refractivity contribution in [2.45, 2.75) is 19.6 Å². The molecule has 0 aromatic carbocycles. The fraction of sp³-hybridized carbons (Fsp3) is 0.250. The van der Waals surface area contributed by atoms with Crippen LogP contribution in [0.1, 0.15) is 11.5 Å². The van der Waals surface area contributed by atoms with Gasteiger partial charge in [0.25, 0.3) is 0 Å². The summed E-state index contributed by atoms with van der Waals surface area (Å²) in [7, 11) is 0. The molecule has 0 saturated heterocycles. The smallest absolute Gasteiger partial charge is 0.405 e. The van der Waals surface area contributed by atoms with Gasteiger partial charge >= 0.3 is 12.0 Å². The number of carbonyl (C=O) groups excluding carboxylic acids is 1. The van der Waals surface area contributed by atoms with Crippen LogP contribution in [0.15, 0.2) is 28.9 Å². The topological polar surface area (TPSA) is 68.5 Å². The van der Waals surface area contributed by atoms with Gasteiger partial charge in [-0.05, 0) is 19.1 Å². The maximum absolute atomic E-state index is 13.5. The Morgan fingerprint density at radius 2 is 2.25 bits per heavy atom. The highest BCUT2D eigenvalue weighted by atomic mass is 19.3. The standard InChI is InChI=1S/C12H9F2N3O3/c1-7-5-8(16-20-7)6-17-9-3-2-4-15-10(9)19-12(13,14)11(17)18/h2-5H,6H2,1H3. The van der Waals surface area contributed by atoms with Gasteiger partial charge in [-0.1, -0.05) is 5.16 Å². The zero-order valence-electron chi connectivity index (χ0n) is 10.3. The zero-order valence-corrected chi connectivity index (χ0v) is 10.3. The second kappa shape index (κ2) is 4.26. The number of amides is 1. The number of ether oxygens (including phenoxy) is 1. The zero-order chi connectivity index (χ0) is 14.3. The minimum absolute atomic E-state index is 0.145. The summed E-state index contributed by atoms with van der Waals surface area (Å²) in [4.78, 5) is 16.4. The number of anilines is 1. The molecule has 1 amide bonds. The first-order valence-electron chi connectivity index (χ1n) is 5.73. The highest BCUT2D eigenvalue weighted by Crippen LogP contribution is 2.37. The minimum atomic E-state index is -3.94. The number of hydrogen-bond donors (Lipinski definition) is 0. The van der Waals surface area contributed by atoms with Crippen LogP contribution < -0.4 is 9.64 Å². The monoisotopic (exact) mass is 281 g/mol. The summed E-state index contributed by atoms with van der Waals surface area (Å²) >= 11 is 0. The van der Waals surface area contributed by atoms with E-state index in [0.717, 1.165) is 4.90 Å². The van der Waals surface area contributed by atoms with E-state index in [2.05, 4.69) is 14.9 Å². The molecule has 0 saturated carbocycles. The minimum Gasteiger partial charge on any atom is -0.405 e. The lowest BCUT2D eigenvalue weighted by Gasteiger charge is -2.31. The van der Waals surface area contributed by atoms with Crippen molar-refractivity contribution >= 4 is 11.6 Å². The van der Waals surface area contributed by atoms with Crippen LogP contribution in [0.3, 0.4) is 0 Å². The maximum atomic E-state index is 13.5. The summed E-state index contributed by atoms with van der Waals surface area (Å²) < 4.78 is 36.3. The maximum Gasteiger partial charge on any atom is 0.484 e. The van der Waals surface area contributed by atoms with Crippen molar-refractivity contribution in [1.29, 1.82) is 0 Å². The van der Waals surface area contributed by atoms with E-state index in [1.807, 2.05) is 0 Å². The largest absolute Gasteiger partial charge is 0.484 e. The quantitative estimate of drug-likeness (QED) is 0.841. The van der Waals surface area contributed by atoms with E-state index in [1.54, 1.807) is 13.0 Å². The molecule has 2 aromatic rings. The number of halogens is 2. The number of aromatic nitrogens is 2. The van der Waals surface area contributed by atoms with E-state index in [-0.39, 0.29) is 18.1 Å². The third-order valence-corrected chi connectivity index (χ3v) is 2.76. The number of nitrogens with zero attached hydrogens (tertiary/aromatic N) is 3. The SMILES string of the molecule is Cc1cc(CN2C(=O)C(F)(F)Oc3ncccc32)no1. The summed E-state index contributed by atoms with van der Waals surface area (Å²) in [5, 5.41) is 3.69. The molecular formula is C12H9F2N3O3. The molecule has 1 aliphatic rings. The molecule has 6 nitrogen and oxygen atoms in total. The summed E-state index contributed by atoms with van der Waals surface area (Å²) in [6.45, 7) is 1.52. The Kier molecular flexibility index (Phi) is 2.66. The molecule has 1 aliphatic heterocycles. The third kappa shape index (κ3) is 1.98. The lowest BCUT2D eigenvalue weighted by atomic mass is 10.2. The predicted molar refractivity (Wildman–Crippen MR) is 62.2 cm³/mol. The van der Waals surface area contributed by atoms with Crippen LogP contribution in [-0.2, 0) is 11.3 Å². The first kappa shape index (κ1) is 12.5. The lowest BCUT2D eigenvalue weighted by molar-refractivity contribution is -0.194. The lowest BCUT2D eigenvalue weighted by Crippen LogP contribution is -2.50. The predicted octanol–water partition coefficient (Wildman–Crippen LogP) is 1.90. The van der Waals surface area contributed by atoms with Crippen LogP contribution in [-0.4, -0.2) is 22.2 Å². The van der Waals surface area contributed by atoms with Gasteiger partial charge in [-0.3, -0.25) is 9.69 Å². The fourth-order valence-corrected chi connectivity index (χ4v) is 1.91. The Bertz CT molecular complexity index is 671. The van der Waals surface area contributed by atoms with Crippen molar-refractivity contribution in [3.8, 4) is 5.88 Å². The normalized spacial score (nSPS) is 16.8. The van der Waals surface area contributed by atoms with Crippen LogP contribution in [0, 0.1) is 6.92 Å². The van der Waals surface area contributed by atoms with Gasteiger partial charge in [0.15, 0.2) is 0 Å². The van der Waals surface area contributed by atoms with E-state index in [9.17, 15) is 13.6 Å². The number of rotatable bonds is 2. The fourth-order valence-electron chi connectivity index (χ4n) is 1.91. The number of carbonyl (C=O) groups is 1. The van der Waals surface area contributed by atoms with Crippen molar-refractivity contribution in [3.63, 3.8) is 0 Å². The van der Waals surface area contributed by atoms with Crippen molar-refractivity contribution in [2.24, 2.45) is 0 Å². The number of aryl methyl sites for hydroxylation is 1. The van der Waals surface area contributed by atoms with Gasteiger partial charge in [0.05, 0.1) is 6.54 Å². The Morgan fingerprint density at radius 1 is 1.45 bits per heavy atom. The number of alkyl halides is 2. The van der Waals surface area contributed by atoms with E-state index in [1.165, 1.54) is 18.3 Å². The molecule has 0 fully saturated rings. The number of hydrogen-bond acceptors (Lipinski definition) is 5. The highest BCUT2D eigenvalue weighted by molar-refractivity contribution is 6.00. The number of fused-ring (bicyclic) bond motifs is 1. The van der Waals surface area contributed by atoms with Crippen molar-refractivity contribution in [3.05, 3.63) is 35.9 Å². The Hall–Kier alpha value is -2.51. The van der Waals surface area contributed by atoms with Gasteiger partial charge in [-0.25, -0.2) is 4.98 Å². The van der Waals surface area contributed by atoms with Gasteiger partial charge in [0.2, 0.25) is 5.88 Å². The molecule has 104 valence electrons. The van der Waals surface area contributed by atoms with Gasteiger partial charge < -0.3 is 9.26 Å². The molecule has 0 spiro atoms. The van der Waals surface area contributed by atoms with E-state index >= 15 is 0 Å². The van der Waals surface area contributed by atoms with Crippen LogP contribution in [0.2, 0.25) is 0 Å². The second-order valence-corrected chi connectivity index (χ2v) is 4.27. The molecular weight excluding hydrogens is 272 g/mol. The van der Waals surface area contributed by atoms with Gasteiger partial charge in [0, 0.05) is 12.3 Å². The molecule has 2 aromatic heterocycles. The molecule has 0 radical (unpaired) electrons. The molecule has 0 aliphatic carbocycles.